The first-order valence-corrected chi connectivity index (χ1v) is 6.78. The van der Waals surface area contributed by atoms with Gasteiger partial charge in [0.05, 0.1) is 6.61 Å². The van der Waals surface area contributed by atoms with E-state index in [9.17, 15) is 15.3 Å². The number of aromatic nitrogens is 2. The number of hydrogen-bond donors (Lipinski definition) is 4. The highest BCUT2D eigenvalue weighted by molar-refractivity contribution is 5.83. The third kappa shape index (κ3) is 2.13. The Hall–Kier alpha value is -2.12. The Morgan fingerprint density at radius 2 is 2.18 bits per heavy atom. The second-order valence-electron chi connectivity index (χ2n) is 5.06. The second kappa shape index (κ2) is 5.58. The van der Waals surface area contributed by atoms with Crippen molar-refractivity contribution in [1.29, 1.82) is 0 Å². The predicted octanol–water partition coefficient (Wildman–Crippen LogP) is -1.94. The highest BCUT2D eigenvalue weighted by atomic mass is 16.6. The first-order chi connectivity index (χ1) is 10.6. The Balaban J connectivity index is 1.97. The van der Waals surface area contributed by atoms with Gasteiger partial charge in [-0.05, 0) is 6.92 Å². The molecular formula is C13H17N5O4. The van der Waals surface area contributed by atoms with E-state index in [1.54, 1.807) is 16.7 Å². The number of nitrogens with zero attached hydrogens (tertiary/aromatic N) is 4. The zero-order chi connectivity index (χ0) is 15.9. The quantitative estimate of drug-likeness (QED) is 0.461. The van der Waals surface area contributed by atoms with Crippen LogP contribution in [0, 0.1) is 12.0 Å². The number of nitrogens with two attached hydrogens (primary N) is 1. The van der Waals surface area contributed by atoms with Crippen molar-refractivity contribution in [3.63, 3.8) is 0 Å². The van der Waals surface area contributed by atoms with Crippen LogP contribution < -0.4 is 15.5 Å². The fourth-order valence-electron chi connectivity index (χ4n) is 2.71. The molecule has 118 valence electrons. The summed E-state index contributed by atoms with van der Waals surface area (Å²) >= 11 is 0. The van der Waals surface area contributed by atoms with E-state index < -0.39 is 24.5 Å². The lowest BCUT2D eigenvalue weighted by Crippen LogP contribution is -2.45. The predicted molar refractivity (Wildman–Crippen MR) is 77.5 cm³/mol. The van der Waals surface area contributed by atoms with E-state index in [1.165, 1.54) is 6.33 Å². The van der Waals surface area contributed by atoms with Gasteiger partial charge < -0.3 is 30.7 Å². The molecule has 0 radical (unpaired) electrons. The number of ether oxygens (including phenoxy) is 1. The van der Waals surface area contributed by atoms with Gasteiger partial charge in [0.25, 0.3) is 0 Å². The summed E-state index contributed by atoms with van der Waals surface area (Å²) in [6.07, 6.45) is -2.76. The Morgan fingerprint density at radius 3 is 2.82 bits per heavy atom. The molecule has 5 N–H and O–H groups in total. The lowest BCUT2D eigenvalue weighted by atomic mass is 10.1. The fraction of sp³-hybridized carbons (Fsp3) is 0.538. The van der Waals surface area contributed by atoms with Crippen LogP contribution in [0.5, 0.6) is 0 Å². The van der Waals surface area contributed by atoms with Gasteiger partial charge in [0.15, 0.2) is 17.9 Å². The van der Waals surface area contributed by atoms with Crippen LogP contribution in [-0.4, -0.2) is 63.1 Å². The first-order valence-electron chi connectivity index (χ1n) is 6.78. The molecule has 0 spiro atoms. The molecule has 1 aromatic heterocycles. The Labute approximate surface area is 126 Å². The van der Waals surface area contributed by atoms with Crippen molar-refractivity contribution in [3.8, 4) is 12.0 Å². The maximum atomic E-state index is 10.2. The Morgan fingerprint density at radius 1 is 1.41 bits per heavy atom. The average molecular weight is 307 g/mol. The van der Waals surface area contributed by atoms with Crippen LogP contribution in [-0.2, 0) is 4.74 Å². The van der Waals surface area contributed by atoms with E-state index in [4.69, 9.17) is 10.5 Å². The number of aliphatic hydroxyl groups excluding tert-OH is 3. The molecule has 22 heavy (non-hydrogen) atoms. The molecule has 2 aliphatic rings. The van der Waals surface area contributed by atoms with Crippen LogP contribution in [0.4, 0.5) is 17.3 Å². The zero-order valence-corrected chi connectivity index (χ0v) is 11.9. The summed E-state index contributed by atoms with van der Waals surface area (Å²) < 4.78 is 5.54. The smallest absolute Gasteiger partial charge is 0.162 e. The zero-order valence-electron chi connectivity index (χ0n) is 11.9. The average Bonchev–Trinajstić information content (AvgIpc) is 3.00. The molecule has 4 atom stereocenters. The van der Waals surface area contributed by atoms with Crippen molar-refractivity contribution < 1.29 is 20.1 Å². The topological polar surface area (TPSA) is 128 Å². The third-order valence-electron chi connectivity index (χ3n) is 3.74. The molecule has 3 heterocycles. The summed E-state index contributed by atoms with van der Waals surface area (Å²) in [5, 5.41) is 29.3. The van der Waals surface area contributed by atoms with Crippen molar-refractivity contribution >= 4 is 17.3 Å². The molecule has 1 aromatic rings. The van der Waals surface area contributed by atoms with Gasteiger partial charge in [0, 0.05) is 6.04 Å². The lowest BCUT2D eigenvalue weighted by molar-refractivity contribution is -0.0221. The SMILES string of the molecule is CC#CN1CN([C@@H]2O[C@H](CO)C(O)C2O)c2ncnc(N)c21. The number of aliphatic hydroxyl groups is 3. The van der Waals surface area contributed by atoms with E-state index in [0.29, 0.717) is 11.5 Å². The molecule has 0 aliphatic carbocycles. The van der Waals surface area contributed by atoms with Gasteiger partial charge >= 0.3 is 0 Å². The second-order valence-corrected chi connectivity index (χ2v) is 5.06. The fourth-order valence-corrected chi connectivity index (χ4v) is 2.71. The molecule has 0 aromatic carbocycles. The molecule has 9 nitrogen and oxygen atoms in total. The maximum absolute atomic E-state index is 10.2. The summed E-state index contributed by atoms with van der Waals surface area (Å²) in [6.45, 7) is 1.56. The largest absolute Gasteiger partial charge is 0.394 e. The van der Waals surface area contributed by atoms with Gasteiger partial charge in [-0.25, -0.2) is 9.97 Å². The van der Waals surface area contributed by atoms with E-state index >= 15 is 0 Å². The number of nitrogen functional groups attached to an aromatic ring is 1. The van der Waals surface area contributed by atoms with Gasteiger partial charge in [-0.1, -0.05) is 5.92 Å². The van der Waals surface area contributed by atoms with Crippen molar-refractivity contribution in [3.05, 3.63) is 6.33 Å². The standard InChI is InChI=1S/C13H17N5O4/c1-2-3-17-6-18(12-8(17)11(14)15-5-16-12)13-10(21)9(20)7(4-19)22-13/h5,7,9-10,13,19-21H,4,6H2,1H3,(H2,14,15,16)/t7-,9?,10?,13-/m1/s1. The minimum atomic E-state index is -1.18. The van der Waals surface area contributed by atoms with Gasteiger partial charge in [0.1, 0.15) is 37.0 Å². The van der Waals surface area contributed by atoms with Crippen molar-refractivity contribution in [2.24, 2.45) is 0 Å². The molecule has 0 saturated carbocycles. The van der Waals surface area contributed by atoms with E-state index in [1.807, 2.05) is 0 Å². The van der Waals surface area contributed by atoms with Crippen LogP contribution >= 0.6 is 0 Å². The summed E-state index contributed by atoms with van der Waals surface area (Å²) in [4.78, 5) is 11.4. The van der Waals surface area contributed by atoms with Crippen LogP contribution in [0.1, 0.15) is 6.92 Å². The number of hydrogen-bond acceptors (Lipinski definition) is 9. The molecule has 1 saturated heterocycles. The molecule has 1 fully saturated rings. The minimum absolute atomic E-state index is 0.256. The summed E-state index contributed by atoms with van der Waals surface area (Å²) in [7, 11) is 0. The van der Waals surface area contributed by atoms with Crippen molar-refractivity contribution in [1.82, 2.24) is 9.97 Å². The van der Waals surface area contributed by atoms with Gasteiger partial charge in [-0.15, -0.1) is 0 Å². The van der Waals surface area contributed by atoms with Crippen LogP contribution in [0.3, 0.4) is 0 Å². The number of fused-ring (bicyclic) bond motifs is 1. The van der Waals surface area contributed by atoms with Crippen LogP contribution in [0.15, 0.2) is 6.33 Å². The highest BCUT2D eigenvalue weighted by Crippen LogP contribution is 2.40. The van der Waals surface area contributed by atoms with Crippen molar-refractivity contribution in [2.75, 3.05) is 28.8 Å². The molecule has 9 heteroatoms. The Kier molecular flexibility index (Phi) is 3.76. The van der Waals surface area contributed by atoms with Gasteiger partial charge in [-0.3, -0.25) is 4.90 Å². The normalized spacial score (nSPS) is 30.2. The van der Waals surface area contributed by atoms with Crippen LogP contribution in [0.2, 0.25) is 0 Å². The molecule has 0 amide bonds. The summed E-state index contributed by atoms with van der Waals surface area (Å²) in [6, 6.07) is 2.88. The molecule has 2 unspecified atom stereocenters. The molecule has 0 bridgehead atoms. The minimum Gasteiger partial charge on any atom is -0.394 e. The molecular weight excluding hydrogens is 290 g/mol. The summed E-state index contributed by atoms with van der Waals surface area (Å²) in [5.41, 5.74) is 6.43. The van der Waals surface area contributed by atoms with Crippen molar-refractivity contribution in [2.45, 2.75) is 31.5 Å². The van der Waals surface area contributed by atoms with Gasteiger partial charge in [-0.2, -0.15) is 0 Å². The molecule has 3 rings (SSSR count). The maximum Gasteiger partial charge on any atom is 0.162 e. The monoisotopic (exact) mass is 307 g/mol. The van der Waals surface area contributed by atoms with Gasteiger partial charge in [0.2, 0.25) is 0 Å². The first kappa shape index (κ1) is 14.8. The molecule has 2 aliphatic heterocycles. The van der Waals surface area contributed by atoms with Crippen LogP contribution in [0.25, 0.3) is 0 Å². The number of anilines is 3. The third-order valence-corrected chi connectivity index (χ3v) is 3.74. The highest BCUT2D eigenvalue weighted by Gasteiger charge is 2.48. The number of rotatable bonds is 2. The Bertz CT molecular complexity index is 631. The van der Waals surface area contributed by atoms with E-state index in [2.05, 4.69) is 21.9 Å². The lowest BCUT2D eigenvalue weighted by Gasteiger charge is -2.27. The summed E-state index contributed by atoms with van der Waals surface area (Å²) in [5.74, 6) is 3.50. The van der Waals surface area contributed by atoms with E-state index in [0.717, 1.165) is 0 Å². The van der Waals surface area contributed by atoms with E-state index in [-0.39, 0.29) is 19.1 Å².